The van der Waals surface area contributed by atoms with Crippen LogP contribution in [0.2, 0.25) is 0 Å². The summed E-state index contributed by atoms with van der Waals surface area (Å²) in [6.07, 6.45) is 3.79. The topological polar surface area (TPSA) is 54.2 Å². The summed E-state index contributed by atoms with van der Waals surface area (Å²) in [6, 6.07) is 0. The van der Waals surface area contributed by atoms with Crippen LogP contribution < -0.4 is 5.32 Å². The Morgan fingerprint density at radius 2 is 2.22 bits per heavy atom. The minimum absolute atomic E-state index is 0.433. The molecule has 5 nitrogen and oxygen atoms in total. The van der Waals surface area contributed by atoms with Gasteiger partial charge in [-0.1, -0.05) is 11.6 Å². The molecular formula is C12H20N4OS. The van der Waals surface area contributed by atoms with Crippen LogP contribution in [0, 0.1) is 0 Å². The summed E-state index contributed by atoms with van der Waals surface area (Å²) in [5.74, 6) is 2.91. The van der Waals surface area contributed by atoms with Crippen LogP contribution in [0.15, 0.2) is 4.52 Å². The SMILES string of the molecule is C1CCC(c2nc(CN3CCNCC3)no2)SC1. The second-order valence-corrected chi connectivity index (χ2v) is 6.24. The summed E-state index contributed by atoms with van der Waals surface area (Å²) in [5, 5.41) is 7.91. The van der Waals surface area contributed by atoms with Gasteiger partial charge in [-0.25, -0.2) is 0 Å². The molecule has 3 heterocycles. The summed E-state index contributed by atoms with van der Waals surface area (Å²) in [4.78, 5) is 6.94. The van der Waals surface area contributed by atoms with Gasteiger partial charge in [0.15, 0.2) is 5.82 Å². The lowest BCUT2D eigenvalue weighted by Crippen LogP contribution is -2.43. The second kappa shape index (κ2) is 6.04. The van der Waals surface area contributed by atoms with Crippen molar-refractivity contribution in [2.75, 3.05) is 31.9 Å². The summed E-state index contributed by atoms with van der Waals surface area (Å²) in [6.45, 7) is 5.08. The molecule has 2 fully saturated rings. The van der Waals surface area contributed by atoms with Crippen molar-refractivity contribution in [1.82, 2.24) is 20.4 Å². The van der Waals surface area contributed by atoms with Crippen LogP contribution in [0.3, 0.4) is 0 Å². The third-order valence-electron chi connectivity index (χ3n) is 3.51. The highest BCUT2D eigenvalue weighted by Crippen LogP contribution is 2.37. The predicted octanol–water partition coefficient (Wildman–Crippen LogP) is 1.43. The molecular weight excluding hydrogens is 248 g/mol. The summed E-state index contributed by atoms with van der Waals surface area (Å²) < 4.78 is 5.42. The Labute approximate surface area is 112 Å². The molecule has 0 aliphatic carbocycles. The number of thioether (sulfide) groups is 1. The maximum absolute atomic E-state index is 5.42. The molecule has 3 rings (SSSR count). The van der Waals surface area contributed by atoms with Gasteiger partial charge in [-0.15, -0.1) is 11.8 Å². The summed E-state index contributed by atoms with van der Waals surface area (Å²) in [5.41, 5.74) is 0. The molecule has 0 saturated carbocycles. The molecule has 2 aliphatic rings. The van der Waals surface area contributed by atoms with E-state index in [9.17, 15) is 0 Å². The maximum Gasteiger partial charge on any atom is 0.239 e. The molecule has 1 atom stereocenters. The third-order valence-corrected chi connectivity index (χ3v) is 4.88. The lowest BCUT2D eigenvalue weighted by molar-refractivity contribution is 0.224. The van der Waals surface area contributed by atoms with E-state index >= 15 is 0 Å². The Morgan fingerprint density at radius 3 is 3.00 bits per heavy atom. The van der Waals surface area contributed by atoms with Crippen LogP contribution in [0.5, 0.6) is 0 Å². The van der Waals surface area contributed by atoms with E-state index in [1.807, 2.05) is 11.8 Å². The first-order valence-corrected chi connectivity index (χ1v) is 7.84. The molecule has 100 valence electrons. The van der Waals surface area contributed by atoms with Crippen molar-refractivity contribution in [3.05, 3.63) is 11.7 Å². The van der Waals surface area contributed by atoms with E-state index in [1.54, 1.807) is 0 Å². The molecule has 1 aromatic heterocycles. The first-order chi connectivity index (χ1) is 8.92. The number of nitrogens with one attached hydrogen (secondary N) is 1. The highest BCUT2D eigenvalue weighted by molar-refractivity contribution is 7.99. The smallest absolute Gasteiger partial charge is 0.239 e. The Balaban J connectivity index is 1.58. The molecule has 0 bridgehead atoms. The van der Waals surface area contributed by atoms with Crippen molar-refractivity contribution in [3.8, 4) is 0 Å². The van der Waals surface area contributed by atoms with Crippen molar-refractivity contribution < 1.29 is 4.52 Å². The first-order valence-electron chi connectivity index (χ1n) is 6.79. The molecule has 0 amide bonds. The number of nitrogens with zero attached hydrogens (tertiary/aromatic N) is 3. The summed E-state index contributed by atoms with van der Waals surface area (Å²) in [7, 11) is 0. The number of piperazine rings is 1. The fraction of sp³-hybridized carbons (Fsp3) is 0.833. The summed E-state index contributed by atoms with van der Waals surface area (Å²) >= 11 is 1.96. The molecule has 1 aromatic rings. The molecule has 2 saturated heterocycles. The fourth-order valence-corrected chi connectivity index (χ4v) is 3.69. The normalized spacial score (nSPS) is 26.3. The van der Waals surface area contributed by atoms with Crippen LogP contribution in [0.1, 0.15) is 36.2 Å². The Hall–Kier alpha value is -0.590. The Kier molecular flexibility index (Phi) is 4.17. The van der Waals surface area contributed by atoms with Gasteiger partial charge in [0.05, 0.1) is 11.8 Å². The predicted molar refractivity (Wildman–Crippen MR) is 71.5 cm³/mol. The van der Waals surface area contributed by atoms with Crippen LogP contribution in [0.4, 0.5) is 0 Å². The first kappa shape index (κ1) is 12.4. The van der Waals surface area contributed by atoms with E-state index in [-0.39, 0.29) is 0 Å². The van der Waals surface area contributed by atoms with Crippen molar-refractivity contribution in [2.24, 2.45) is 0 Å². The molecule has 0 spiro atoms. The van der Waals surface area contributed by atoms with Gasteiger partial charge < -0.3 is 9.84 Å². The second-order valence-electron chi connectivity index (χ2n) is 4.93. The highest BCUT2D eigenvalue weighted by Gasteiger charge is 2.22. The van der Waals surface area contributed by atoms with Gasteiger partial charge in [0.1, 0.15) is 0 Å². The van der Waals surface area contributed by atoms with Crippen molar-refractivity contribution in [3.63, 3.8) is 0 Å². The Morgan fingerprint density at radius 1 is 1.33 bits per heavy atom. The molecule has 1 unspecified atom stereocenters. The van der Waals surface area contributed by atoms with Crippen LogP contribution in [-0.4, -0.2) is 47.0 Å². The third kappa shape index (κ3) is 3.05. The van der Waals surface area contributed by atoms with E-state index in [4.69, 9.17) is 4.52 Å². The Bertz CT molecular complexity index is 372. The number of rotatable bonds is 3. The van der Waals surface area contributed by atoms with Crippen LogP contribution in [-0.2, 0) is 6.54 Å². The zero-order valence-electron chi connectivity index (χ0n) is 10.6. The van der Waals surface area contributed by atoms with Crippen molar-refractivity contribution >= 4 is 11.8 Å². The fourth-order valence-electron chi connectivity index (χ4n) is 2.47. The largest absolute Gasteiger partial charge is 0.338 e. The van der Waals surface area contributed by atoms with Gasteiger partial charge in [-0.05, 0) is 18.6 Å². The molecule has 0 radical (unpaired) electrons. The zero-order chi connectivity index (χ0) is 12.2. The number of hydrogen-bond acceptors (Lipinski definition) is 6. The molecule has 18 heavy (non-hydrogen) atoms. The van der Waals surface area contributed by atoms with E-state index in [0.717, 1.165) is 44.4 Å². The molecule has 1 N–H and O–H groups in total. The van der Waals surface area contributed by atoms with E-state index in [2.05, 4.69) is 20.4 Å². The lowest BCUT2D eigenvalue weighted by atomic mass is 10.2. The van der Waals surface area contributed by atoms with Gasteiger partial charge in [0.25, 0.3) is 0 Å². The molecule has 2 aliphatic heterocycles. The standard InChI is InChI=1S/C12H20N4OS/c1-2-8-18-10(3-1)12-14-11(15-17-12)9-16-6-4-13-5-7-16/h10,13H,1-9H2. The minimum Gasteiger partial charge on any atom is -0.338 e. The molecule has 6 heteroatoms. The van der Waals surface area contributed by atoms with Gasteiger partial charge in [0.2, 0.25) is 5.89 Å². The van der Waals surface area contributed by atoms with E-state index in [0.29, 0.717) is 5.25 Å². The van der Waals surface area contributed by atoms with E-state index < -0.39 is 0 Å². The van der Waals surface area contributed by atoms with Crippen LogP contribution >= 0.6 is 11.8 Å². The minimum atomic E-state index is 0.433. The van der Waals surface area contributed by atoms with Crippen molar-refractivity contribution in [1.29, 1.82) is 0 Å². The average molecular weight is 268 g/mol. The number of hydrogen-bond donors (Lipinski definition) is 1. The lowest BCUT2D eigenvalue weighted by Gasteiger charge is -2.25. The van der Waals surface area contributed by atoms with Crippen molar-refractivity contribution in [2.45, 2.75) is 31.1 Å². The highest BCUT2D eigenvalue weighted by atomic mass is 32.2. The maximum atomic E-state index is 5.42. The van der Waals surface area contributed by atoms with Gasteiger partial charge >= 0.3 is 0 Å². The van der Waals surface area contributed by atoms with E-state index in [1.165, 1.54) is 25.0 Å². The van der Waals surface area contributed by atoms with Gasteiger partial charge in [0, 0.05) is 26.2 Å². The zero-order valence-corrected chi connectivity index (χ0v) is 11.4. The van der Waals surface area contributed by atoms with Gasteiger partial charge in [-0.2, -0.15) is 4.98 Å². The average Bonchev–Trinajstić information content (AvgIpc) is 2.89. The van der Waals surface area contributed by atoms with Gasteiger partial charge in [-0.3, -0.25) is 4.90 Å². The molecule has 0 aromatic carbocycles. The monoisotopic (exact) mass is 268 g/mol. The van der Waals surface area contributed by atoms with Crippen LogP contribution in [0.25, 0.3) is 0 Å². The quantitative estimate of drug-likeness (QED) is 0.895. The number of aromatic nitrogens is 2.